The van der Waals surface area contributed by atoms with Crippen LogP contribution in [-0.2, 0) is 6.54 Å². The molecule has 128 valence electrons. The van der Waals surface area contributed by atoms with Gasteiger partial charge < -0.3 is 9.67 Å². The average Bonchev–Trinajstić information content (AvgIpc) is 2.52. The van der Waals surface area contributed by atoms with E-state index in [1.54, 1.807) is 0 Å². The van der Waals surface area contributed by atoms with Crippen LogP contribution in [0.2, 0.25) is 0 Å². The summed E-state index contributed by atoms with van der Waals surface area (Å²) in [5, 5.41) is 8.61. The Labute approximate surface area is 137 Å². The predicted molar refractivity (Wildman–Crippen MR) is 80.5 cm³/mol. The lowest BCUT2D eigenvalue weighted by molar-refractivity contribution is 0.0695. The van der Waals surface area contributed by atoms with Gasteiger partial charge in [-0.3, -0.25) is 4.79 Å². The standard InChI is InChI=1S/C17H9F4NO3/c18-8-4-12(20)9(13(21)5-8)6-22-7-10(17(24)25)16(23)15-11(19)2-1-3-14(15)22/h1-5,7H,6H2,(H,24,25). The third-order valence-electron chi connectivity index (χ3n) is 3.72. The lowest BCUT2D eigenvalue weighted by atomic mass is 10.1. The van der Waals surface area contributed by atoms with Crippen LogP contribution in [0.1, 0.15) is 15.9 Å². The van der Waals surface area contributed by atoms with Crippen molar-refractivity contribution < 1.29 is 27.5 Å². The molecule has 0 aliphatic heterocycles. The second-order valence-electron chi connectivity index (χ2n) is 5.29. The molecule has 0 saturated heterocycles. The average molecular weight is 351 g/mol. The summed E-state index contributed by atoms with van der Waals surface area (Å²) in [6.07, 6.45) is 0.870. The zero-order valence-electron chi connectivity index (χ0n) is 12.4. The van der Waals surface area contributed by atoms with Crippen LogP contribution in [0.5, 0.6) is 0 Å². The van der Waals surface area contributed by atoms with Crippen molar-refractivity contribution >= 4 is 16.9 Å². The third-order valence-corrected chi connectivity index (χ3v) is 3.72. The maximum atomic E-state index is 14.0. The van der Waals surface area contributed by atoms with Gasteiger partial charge in [0, 0.05) is 23.9 Å². The quantitative estimate of drug-likeness (QED) is 0.737. The first-order valence-electron chi connectivity index (χ1n) is 6.98. The molecule has 0 saturated carbocycles. The Balaban J connectivity index is 2.30. The smallest absolute Gasteiger partial charge is 0.341 e. The normalized spacial score (nSPS) is 11.0. The van der Waals surface area contributed by atoms with E-state index in [0.29, 0.717) is 12.1 Å². The van der Waals surface area contributed by atoms with Gasteiger partial charge in [0.1, 0.15) is 28.8 Å². The van der Waals surface area contributed by atoms with E-state index in [1.807, 2.05) is 0 Å². The Kier molecular flexibility index (Phi) is 4.03. The number of benzene rings is 2. The van der Waals surface area contributed by atoms with Gasteiger partial charge in [0.05, 0.1) is 17.4 Å². The summed E-state index contributed by atoms with van der Waals surface area (Å²) in [6.45, 7) is -0.557. The molecule has 0 bridgehead atoms. The summed E-state index contributed by atoms with van der Waals surface area (Å²) in [5.41, 5.74) is -2.39. The van der Waals surface area contributed by atoms with Crippen molar-refractivity contribution in [3.63, 3.8) is 0 Å². The van der Waals surface area contributed by atoms with E-state index in [9.17, 15) is 27.2 Å². The highest BCUT2D eigenvalue weighted by Gasteiger charge is 2.19. The molecule has 25 heavy (non-hydrogen) atoms. The molecule has 8 heteroatoms. The first-order valence-corrected chi connectivity index (χ1v) is 6.98. The summed E-state index contributed by atoms with van der Waals surface area (Å²) in [7, 11) is 0. The molecular formula is C17H9F4NO3. The molecule has 0 unspecified atom stereocenters. The van der Waals surface area contributed by atoms with Gasteiger partial charge in [-0.2, -0.15) is 0 Å². The first kappa shape index (κ1) is 16.7. The van der Waals surface area contributed by atoms with E-state index in [4.69, 9.17) is 5.11 Å². The number of rotatable bonds is 3. The van der Waals surface area contributed by atoms with E-state index in [0.717, 1.165) is 16.8 Å². The summed E-state index contributed by atoms with van der Waals surface area (Å²) < 4.78 is 55.8. The van der Waals surface area contributed by atoms with Gasteiger partial charge in [-0.1, -0.05) is 6.07 Å². The van der Waals surface area contributed by atoms with Crippen LogP contribution in [0, 0.1) is 23.3 Å². The number of fused-ring (bicyclic) bond motifs is 1. The number of aromatic nitrogens is 1. The molecule has 4 nitrogen and oxygen atoms in total. The number of nitrogens with zero attached hydrogens (tertiary/aromatic N) is 1. The van der Waals surface area contributed by atoms with Gasteiger partial charge in [-0.05, 0) is 12.1 Å². The number of hydrogen-bond donors (Lipinski definition) is 1. The fraction of sp³-hybridized carbons (Fsp3) is 0.0588. The first-order chi connectivity index (χ1) is 11.8. The molecule has 1 N–H and O–H groups in total. The molecule has 0 spiro atoms. The molecule has 3 rings (SSSR count). The lowest BCUT2D eigenvalue weighted by Crippen LogP contribution is -2.20. The molecule has 1 heterocycles. The van der Waals surface area contributed by atoms with Crippen LogP contribution < -0.4 is 5.43 Å². The SMILES string of the molecule is O=C(O)c1cn(Cc2c(F)cc(F)cc2F)c2cccc(F)c2c1=O. The summed E-state index contributed by atoms with van der Waals surface area (Å²) in [6, 6.07) is 4.50. The zero-order valence-corrected chi connectivity index (χ0v) is 12.4. The van der Waals surface area contributed by atoms with Crippen molar-refractivity contribution in [1.82, 2.24) is 4.57 Å². The molecular weight excluding hydrogens is 342 g/mol. The van der Waals surface area contributed by atoms with Crippen LogP contribution in [0.3, 0.4) is 0 Å². The van der Waals surface area contributed by atoms with Crippen molar-refractivity contribution in [2.75, 3.05) is 0 Å². The minimum Gasteiger partial charge on any atom is -0.477 e. The summed E-state index contributed by atoms with van der Waals surface area (Å²) in [5.74, 6) is -6.04. The Bertz CT molecular complexity index is 1050. The highest BCUT2D eigenvalue weighted by Crippen LogP contribution is 2.20. The molecule has 0 amide bonds. The Morgan fingerprint density at radius 3 is 2.28 bits per heavy atom. The van der Waals surface area contributed by atoms with Gasteiger partial charge in [0.2, 0.25) is 5.43 Å². The largest absolute Gasteiger partial charge is 0.477 e. The van der Waals surface area contributed by atoms with Crippen molar-refractivity contribution in [3.05, 3.63) is 81.1 Å². The highest BCUT2D eigenvalue weighted by atomic mass is 19.1. The third kappa shape index (κ3) is 2.86. The Hall–Kier alpha value is -3.16. The van der Waals surface area contributed by atoms with Crippen LogP contribution in [0.25, 0.3) is 10.9 Å². The number of carboxylic acid groups (broad SMARTS) is 1. The summed E-state index contributed by atoms with van der Waals surface area (Å²) >= 11 is 0. The molecule has 0 aliphatic rings. The van der Waals surface area contributed by atoms with Gasteiger partial charge in [0.25, 0.3) is 0 Å². The second-order valence-corrected chi connectivity index (χ2v) is 5.29. The zero-order chi connectivity index (χ0) is 18.3. The van der Waals surface area contributed by atoms with Gasteiger partial charge in [-0.25, -0.2) is 22.4 Å². The van der Waals surface area contributed by atoms with Crippen molar-refractivity contribution in [1.29, 1.82) is 0 Å². The van der Waals surface area contributed by atoms with Crippen LogP contribution in [0.15, 0.2) is 41.3 Å². The fourth-order valence-corrected chi connectivity index (χ4v) is 2.57. The van der Waals surface area contributed by atoms with Gasteiger partial charge in [-0.15, -0.1) is 0 Å². The number of carbonyl (C=O) groups is 1. The van der Waals surface area contributed by atoms with E-state index >= 15 is 0 Å². The van der Waals surface area contributed by atoms with Crippen LogP contribution in [0.4, 0.5) is 17.6 Å². The number of pyridine rings is 1. The lowest BCUT2D eigenvalue weighted by Gasteiger charge is -2.14. The van der Waals surface area contributed by atoms with Crippen molar-refractivity contribution in [2.45, 2.75) is 6.54 Å². The van der Waals surface area contributed by atoms with E-state index < -0.39 is 57.7 Å². The van der Waals surface area contributed by atoms with Crippen LogP contribution in [-0.4, -0.2) is 15.6 Å². The molecule has 1 aromatic heterocycles. The van der Waals surface area contributed by atoms with Crippen molar-refractivity contribution in [2.24, 2.45) is 0 Å². The number of hydrogen-bond acceptors (Lipinski definition) is 2. The van der Waals surface area contributed by atoms with Gasteiger partial charge in [0.15, 0.2) is 0 Å². The van der Waals surface area contributed by atoms with Crippen LogP contribution >= 0.6 is 0 Å². The minimum atomic E-state index is -1.61. The fourth-order valence-electron chi connectivity index (χ4n) is 2.57. The maximum absolute atomic E-state index is 14.0. The van der Waals surface area contributed by atoms with E-state index in [2.05, 4.69) is 0 Å². The molecule has 0 radical (unpaired) electrons. The highest BCUT2D eigenvalue weighted by molar-refractivity contribution is 5.92. The molecule has 2 aromatic carbocycles. The maximum Gasteiger partial charge on any atom is 0.341 e. The number of aromatic carboxylic acids is 1. The minimum absolute atomic E-state index is 0.0434. The second kappa shape index (κ2) is 6.04. The summed E-state index contributed by atoms with van der Waals surface area (Å²) in [4.78, 5) is 23.4. The Morgan fingerprint density at radius 2 is 1.68 bits per heavy atom. The monoisotopic (exact) mass is 351 g/mol. The molecule has 0 atom stereocenters. The number of carboxylic acids is 1. The van der Waals surface area contributed by atoms with E-state index in [1.165, 1.54) is 12.1 Å². The van der Waals surface area contributed by atoms with Gasteiger partial charge >= 0.3 is 5.97 Å². The molecule has 0 aliphatic carbocycles. The predicted octanol–water partition coefficient (Wildman–Crippen LogP) is 3.30. The van der Waals surface area contributed by atoms with E-state index in [-0.39, 0.29) is 5.52 Å². The van der Waals surface area contributed by atoms with Crippen molar-refractivity contribution in [3.8, 4) is 0 Å². The Morgan fingerprint density at radius 1 is 1.04 bits per heavy atom. The molecule has 3 aromatic rings. The number of halogens is 4. The topological polar surface area (TPSA) is 59.3 Å². The molecule has 0 fully saturated rings.